The van der Waals surface area contributed by atoms with Crippen molar-refractivity contribution in [1.29, 1.82) is 0 Å². The van der Waals surface area contributed by atoms with E-state index in [1.807, 2.05) is 0 Å². The number of hydrogen-bond donors (Lipinski definition) is 2. The maximum Gasteiger partial charge on any atom is 0.306 e. The van der Waals surface area contributed by atoms with Crippen molar-refractivity contribution < 1.29 is 13.3 Å². The summed E-state index contributed by atoms with van der Waals surface area (Å²) in [6, 6.07) is 3.83. The van der Waals surface area contributed by atoms with Crippen molar-refractivity contribution in [2.75, 3.05) is 4.72 Å². The molecule has 0 radical (unpaired) electrons. The second-order valence-corrected chi connectivity index (χ2v) is 7.67. The normalized spacial score (nSPS) is 11.3. The largest absolute Gasteiger partial charge is 0.315 e. The molecule has 0 unspecified atom stereocenters. The van der Waals surface area contributed by atoms with Crippen LogP contribution in [0.25, 0.3) is 0 Å². The zero-order valence-electron chi connectivity index (χ0n) is 10.4. The highest BCUT2D eigenvalue weighted by molar-refractivity contribution is 9.10. The number of sulfonamides is 1. The van der Waals surface area contributed by atoms with Crippen LogP contribution in [-0.4, -0.2) is 18.3 Å². The molecule has 0 saturated heterocycles. The maximum absolute atomic E-state index is 12.2. The highest BCUT2D eigenvalue weighted by atomic mass is 79.9. The zero-order valence-corrected chi connectivity index (χ0v) is 13.6. The Morgan fingerprint density at radius 2 is 2.10 bits per heavy atom. The van der Waals surface area contributed by atoms with Crippen LogP contribution >= 0.6 is 27.3 Å². The highest BCUT2D eigenvalue weighted by Gasteiger charge is 2.22. The molecule has 21 heavy (non-hydrogen) atoms. The van der Waals surface area contributed by atoms with Crippen LogP contribution in [0.15, 0.2) is 31.7 Å². The molecule has 0 fully saturated rings. The van der Waals surface area contributed by atoms with E-state index in [-0.39, 0.29) is 25.8 Å². The molecule has 0 aliphatic carbocycles. The van der Waals surface area contributed by atoms with Gasteiger partial charge in [-0.05, 0) is 35.0 Å². The third kappa shape index (κ3) is 3.31. The first kappa shape index (κ1) is 15.7. The van der Waals surface area contributed by atoms with Crippen molar-refractivity contribution in [3.05, 3.63) is 48.1 Å². The molecule has 0 aliphatic heterocycles. The maximum atomic E-state index is 12.2. The predicted molar refractivity (Wildman–Crippen MR) is 81.3 cm³/mol. The molecule has 1 aromatic carbocycles. The van der Waals surface area contributed by atoms with Crippen molar-refractivity contribution in [2.24, 2.45) is 0 Å². The van der Waals surface area contributed by atoms with Gasteiger partial charge >= 0.3 is 4.87 Å². The van der Waals surface area contributed by atoms with Gasteiger partial charge in [-0.25, -0.2) is 8.42 Å². The number of nitrogens with one attached hydrogen (secondary N) is 2. The van der Waals surface area contributed by atoms with Gasteiger partial charge in [0.2, 0.25) is 0 Å². The molecule has 8 nitrogen and oxygen atoms in total. The first-order valence-corrected chi connectivity index (χ1v) is 8.46. The Hall–Kier alpha value is -1.72. The number of nitro groups is 1. The van der Waals surface area contributed by atoms with Gasteiger partial charge in [0.15, 0.2) is 4.21 Å². The minimum Gasteiger partial charge on any atom is -0.315 e. The van der Waals surface area contributed by atoms with Crippen LogP contribution < -0.4 is 9.60 Å². The Morgan fingerprint density at radius 3 is 2.62 bits per heavy atom. The molecule has 112 valence electrons. The summed E-state index contributed by atoms with van der Waals surface area (Å²) >= 11 is 3.56. The number of H-pyrrole nitrogens is 1. The third-order valence-corrected chi connectivity index (χ3v) is 6.08. The number of aromatic nitrogens is 1. The summed E-state index contributed by atoms with van der Waals surface area (Å²) < 4.78 is 26.6. The van der Waals surface area contributed by atoms with Crippen LogP contribution in [0.3, 0.4) is 0 Å². The molecule has 11 heteroatoms. The topological polar surface area (TPSA) is 122 Å². The summed E-state index contributed by atoms with van der Waals surface area (Å²) in [5.41, 5.74) is -0.0246. The summed E-state index contributed by atoms with van der Waals surface area (Å²) in [4.78, 5) is 23.2. The molecule has 0 spiro atoms. The first-order chi connectivity index (χ1) is 9.70. The molecular weight excluding hydrogens is 386 g/mol. The van der Waals surface area contributed by atoms with E-state index in [9.17, 15) is 23.3 Å². The first-order valence-electron chi connectivity index (χ1n) is 5.37. The van der Waals surface area contributed by atoms with Crippen molar-refractivity contribution in [3.63, 3.8) is 0 Å². The Balaban J connectivity index is 2.42. The van der Waals surface area contributed by atoms with Crippen LogP contribution in [0, 0.1) is 17.0 Å². The number of anilines is 1. The lowest BCUT2D eigenvalue weighted by Gasteiger charge is -2.07. The number of nitro benzene ring substituents is 1. The minimum atomic E-state index is -3.98. The number of halogens is 1. The van der Waals surface area contributed by atoms with E-state index >= 15 is 0 Å². The van der Waals surface area contributed by atoms with Crippen molar-refractivity contribution in [1.82, 2.24) is 4.98 Å². The Kier molecular flexibility index (Phi) is 4.16. The van der Waals surface area contributed by atoms with Crippen molar-refractivity contribution in [2.45, 2.75) is 11.1 Å². The Bertz CT molecular complexity index is 871. The summed E-state index contributed by atoms with van der Waals surface area (Å²) in [6.07, 6.45) is 0. The van der Waals surface area contributed by atoms with Gasteiger partial charge in [-0.3, -0.25) is 19.6 Å². The zero-order chi connectivity index (χ0) is 15.8. The second kappa shape index (κ2) is 5.58. The molecule has 0 amide bonds. The summed E-state index contributed by atoms with van der Waals surface area (Å²) in [5, 5.41) is 10.8. The summed E-state index contributed by atoms with van der Waals surface area (Å²) in [6.45, 7) is 1.45. The molecule has 0 saturated carbocycles. The van der Waals surface area contributed by atoms with Crippen LogP contribution in [0.5, 0.6) is 0 Å². The van der Waals surface area contributed by atoms with Gasteiger partial charge in [0.25, 0.3) is 15.7 Å². The average Bonchev–Trinajstić information content (AvgIpc) is 2.71. The third-order valence-electron chi connectivity index (χ3n) is 2.42. The average molecular weight is 394 g/mol. The van der Waals surface area contributed by atoms with Gasteiger partial charge in [-0.2, -0.15) is 0 Å². The fourth-order valence-corrected chi connectivity index (χ4v) is 4.31. The van der Waals surface area contributed by atoms with Crippen molar-refractivity contribution >= 4 is 48.7 Å². The number of rotatable bonds is 4. The van der Waals surface area contributed by atoms with Gasteiger partial charge < -0.3 is 4.98 Å². The number of aromatic amines is 1. The number of hydrogen-bond acceptors (Lipinski definition) is 6. The number of nitrogens with zero attached hydrogens (tertiary/aromatic N) is 1. The molecule has 0 atom stereocenters. The molecule has 2 rings (SSSR count). The van der Waals surface area contributed by atoms with Gasteiger partial charge in [-0.1, -0.05) is 11.3 Å². The lowest BCUT2D eigenvalue weighted by Crippen LogP contribution is -2.12. The molecule has 0 aliphatic rings. The van der Waals surface area contributed by atoms with Gasteiger partial charge in [-0.15, -0.1) is 0 Å². The Morgan fingerprint density at radius 1 is 1.43 bits per heavy atom. The second-order valence-electron chi connectivity index (χ2n) is 3.96. The predicted octanol–water partition coefficient (Wildman–Crippen LogP) is 2.22. The van der Waals surface area contributed by atoms with E-state index in [4.69, 9.17) is 0 Å². The van der Waals surface area contributed by atoms with E-state index in [0.717, 1.165) is 6.07 Å². The Labute approximate surface area is 131 Å². The number of benzene rings is 1. The fraction of sp³-hybridized carbons (Fsp3) is 0.100. The summed E-state index contributed by atoms with van der Waals surface area (Å²) in [5.74, 6) is 0. The smallest absolute Gasteiger partial charge is 0.306 e. The fourth-order valence-electron chi connectivity index (χ4n) is 1.56. The monoisotopic (exact) mass is 393 g/mol. The molecule has 2 aromatic rings. The number of thiazole rings is 1. The molecular formula is C10H8BrN3O5S2. The van der Waals surface area contributed by atoms with E-state index in [2.05, 4.69) is 25.6 Å². The molecule has 1 heterocycles. The highest BCUT2D eigenvalue weighted by Crippen LogP contribution is 2.29. The van der Waals surface area contributed by atoms with E-state index < -0.39 is 19.8 Å². The standard InChI is InChI=1S/C10H8BrN3O5S2/c1-5-9(20-10(15)12-5)21(18,19)13-6-2-3-7(11)8(4-6)14(16)17/h2-4,13H,1H3,(H,12,15). The van der Waals surface area contributed by atoms with Crippen molar-refractivity contribution in [3.8, 4) is 0 Å². The van der Waals surface area contributed by atoms with Gasteiger partial charge in [0, 0.05) is 11.8 Å². The van der Waals surface area contributed by atoms with Crippen LogP contribution in [0.2, 0.25) is 0 Å². The lowest BCUT2D eigenvalue weighted by atomic mass is 10.3. The van der Waals surface area contributed by atoms with Crippen LogP contribution in [0.1, 0.15) is 5.69 Å². The van der Waals surface area contributed by atoms with Crippen LogP contribution in [0.4, 0.5) is 11.4 Å². The van der Waals surface area contributed by atoms with E-state index in [0.29, 0.717) is 11.3 Å². The van der Waals surface area contributed by atoms with Gasteiger partial charge in [0.05, 0.1) is 15.1 Å². The van der Waals surface area contributed by atoms with Crippen LogP contribution in [-0.2, 0) is 10.0 Å². The van der Waals surface area contributed by atoms with E-state index in [1.54, 1.807) is 0 Å². The minimum absolute atomic E-state index is 0.0325. The molecule has 0 bridgehead atoms. The molecule has 1 aromatic heterocycles. The lowest BCUT2D eigenvalue weighted by molar-refractivity contribution is -0.385. The number of aryl methyl sites for hydroxylation is 1. The molecule has 2 N–H and O–H groups in total. The SMILES string of the molecule is Cc1[nH]c(=O)sc1S(=O)(=O)Nc1ccc(Br)c([N+](=O)[O-])c1. The van der Waals surface area contributed by atoms with Gasteiger partial charge in [0.1, 0.15) is 0 Å². The summed E-state index contributed by atoms with van der Waals surface area (Å²) in [7, 11) is -3.98. The van der Waals surface area contributed by atoms with E-state index in [1.165, 1.54) is 19.1 Å². The quantitative estimate of drug-likeness (QED) is 0.608.